The minimum absolute atomic E-state index is 0.0196. The minimum Gasteiger partial charge on any atom is -0.378 e. The molecule has 6 aromatic rings. The predicted octanol–water partition coefficient (Wildman–Crippen LogP) is 30.3. The molecule has 6 aromatic carbocycles. The van der Waals surface area contributed by atoms with Crippen molar-refractivity contribution in [3.8, 4) is 0 Å². The van der Waals surface area contributed by atoms with Gasteiger partial charge in [-0.05, 0) is 358 Å². The van der Waals surface area contributed by atoms with Gasteiger partial charge < -0.3 is 28.4 Å². The van der Waals surface area contributed by atoms with Gasteiger partial charge in [0.25, 0.3) is 0 Å². The lowest BCUT2D eigenvalue weighted by Crippen LogP contribution is -2.27. The molecular weight excluding hydrogens is 1370 g/mol. The summed E-state index contributed by atoms with van der Waals surface area (Å²) in [5.41, 5.74) is 30.9. The molecule has 0 amide bonds. The average Bonchev–Trinajstić information content (AvgIpc) is 0.862. The van der Waals surface area contributed by atoms with Crippen LogP contribution >= 0.6 is 0 Å². The first-order valence-corrected chi connectivity index (χ1v) is 43.8. The lowest BCUT2D eigenvalue weighted by atomic mass is 9.84. The normalized spacial score (nSPS) is 23.3. The quantitative estimate of drug-likeness (QED) is 0.141. The molecule has 1 saturated carbocycles. The van der Waals surface area contributed by atoms with Crippen LogP contribution in [0.25, 0.3) is 0 Å². The van der Waals surface area contributed by atoms with Crippen molar-refractivity contribution in [3.05, 3.63) is 232 Å². The van der Waals surface area contributed by atoms with Gasteiger partial charge in [0.15, 0.2) is 12.6 Å². The third kappa shape index (κ3) is 50.1. The topological polar surface area (TPSA) is 55.4 Å². The Morgan fingerprint density at radius 1 is 0.205 bits per heavy atom. The predicted molar refractivity (Wildman–Crippen MR) is 492 cm³/mol. The van der Waals surface area contributed by atoms with Crippen LogP contribution in [0.3, 0.4) is 0 Å². The summed E-state index contributed by atoms with van der Waals surface area (Å²) in [6.07, 6.45) is 25.0. The smallest absolute Gasteiger partial charge is 0.154 e. The van der Waals surface area contributed by atoms with Gasteiger partial charge in [-0.1, -0.05) is 235 Å². The van der Waals surface area contributed by atoms with Crippen LogP contribution in [0, 0.1) is 186 Å². The monoisotopic (exact) mass is 1540 g/mol. The molecule has 6 atom stereocenters. The number of allylic oxidation sites excluding steroid dienone is 4. The summed E-state index contributed by atoms with van der Waals surface area (Å²) in [5, 5.41) is 0. The fraction of sp³-hybridized carbons (Fsp3) is 0.623. The molecule has 0 radical (unpaired) electrons. The molecule has 632 valence electrons. The van der Waals surface area contributed by atoms with Crippen LogP contribution in [-0.4, -0.2) is 64.4 Å². The van der Waals surface area contributed by atoms with Gasteiger partial charge in [-0.25, -0.2) is 0 Å². The third-order valence-electron chi connectivity index (χ3n) is 23.0. The van der Waals surface area contributed by atoms with Crippen molar-refractivity contribution in [1.29, 1.82) is 0 Å². The van der Waals surface area contributed by atoms with Crippen LogP contribution in [-0.2, 0) is 28.4 Å². The first-order chi connectivity index (χ1) is 52.5. The van der Waals surface area contributed by atoms with Crippen LogP contribution in [0.15, 0.2) is 120 Å². The Morgan fingerprint density at radius 2 is 0.455 bits per heavy atom. The Bertz CT molecular complexity index is 3120. The van der Waals surface area contributed by atoms with Crippen molar-refractivity contribution in [2.24, 2.45) is 47.3 Å². The van der Waals surface area contributed by atoms with Gasteiger partial charge in [0, 0.05) is 25.0 Å². The summed E-state index contributed by atoms with van der Waals surface area (Å²) in [7, 11) is 0. The van der Waals surface area contributed by atoms with Gasteiger partial charge in [-0.3, -0.25) is 0 Å². The van der Waals surface area contributed by atoms with E-state index in [1.807, 2.05) is 13.8 Å². The van der Waals surface area contributed by atoms with Crippen molar-refractivity contribution >= 4 is 0 Å². The van der Waals surface area contributed by atoms with E-state index in [-0.39, 0.29) is 12.6 Å². The van der Waals surface area contributed by atoms with Crippen molar-refractivity contribution < 1.29 is 28.4 Å². The molecule has 0 spiro atoms. The van der Waals surface area contributed by atoms with E-state index in [0.29, 0.717) is 24.0 Å². The SMILES string of the molecule is CC1=CCC(C)CC1.CC1=CCC(C)CC1.CC1CCC(C)CC1.CC1CCC(C)OC1.CC1CCC(C)OC1.CC1COC(C)OC1.CC1COC(C)OC1.Cc1cc(C)c(C)c(C)c1.Cc1cc(C)c(C)c(C)c1.Cc1ccc(C)c(C)c1.Cc1ccc(C)c(C)c1.Cc1ccc(C)c(C)c1C.Cc1ccc(C)cc1. The van der Waals surface area contributed by atoms with Crippen LogP contribution in [0.5, 0.6) is 0 Å². The molecule has 5 fully saturated rings. The zero-order valence-corrected chi connectivity index (χ0v) is 78.9. The molecule has 4 heterocycles. The standard InChI is InChI=1S/3C10H14.2C9H12.C8H16.2C8H14.C8H10.2C7H14O.2C6H12O2/c2*1-7-5-8(2)10(4)9(3)6-7;1-7-5-6-8(2)10(4)9(7)3;2*1-7-4-5-8(2)9(3)6-7;4*1-7-3-5-8(2)6-4-7;2*1-6-3-4-7(2)8-5-6;2*1-5-3-7-6(2)8-4-5/h3*5-6H,1-4H3;2*4-6H,1-3H3;7-8H,3-6H2,1-2H3;2*3,8H,4-6H2,1-2H3;3-6H,1-2H3;2*6-7H,3-5H2,1-2H3;2*5-6H,3-4H2,1-2H3. The third-order valence-corrected chi connectivity index (χ3v) is 23.0. The Kier molecular flexibility index (Phi) is 54.5. The van der Waals surface area contributed by atoms with Gasteiger partial charge in [-0.15, -0.1) is 0 Å². The number of benzene rings is 6. The van der Waals surface area contributed by atoms with Gasteiger partial charge >= 0.3 is 0 Å². The van der Waals surface area contributed by atoms with Crippen LogP contribution in [0.1, 0.15) is 298 Å². The van der Waals surface area contributed by atoms with Gasteiger partial charge in [0.05, 0.1) is 38.6 Å². The highest BCUT2D eigenvalue weighted by atomic mass is 16.7. The van der Waals surface area contributed by atoms with Crippen LogP contribution < -0.4 is 0 Å². The molecule has 3 aliphatic carbocycles. The van der Waals surface area contributed by atoms with E-state index in [2.05, 4.69) is 331 Å². The first kappa shape index (κ1) is 105. The molecule has 6 nitrogen and oxygen atoms in total. The summed E-state index contributed by atoms with van der Waals surface area (Å²) in [6.45, 7) is 78.9. The summed E-state index contributed by atoms with van der Waals surface area (Å²) >= 11 is 0. The van der Waals surface area contributed by atoms with E-state index in [9.17, 15) is 0 Å². The van der Waals surface area contributed by atoms with Gasteiger partial charge in [-0.2, -0.15) is 0 Å². The molecular formula is C106H172O6. The minimum atomic E-state index is 0.0196. The number of hydrogen-bond acceptors (Lipinski definition) is 6. The molecule has 0 aromatic heterocycles. The molecule has 13 rings (SSSR count). The second kappa shape index (κ2) is 58.4. The van der Waals surface area contributed by atoms with Crippen LogP contribution in [0.2, 0.25) is 0 Å². The van der Waals surface area contributed by atoms with Crippen LogP contribution in [0.4, 0.5) is 0 Å². The maximum atomic E-state index is 5.39. The maximum absolute atomic E-state index is 5.39. The largest absolute Gasteiger partial charge is 0.378 e. The highest BCUT2D eigenvalue weighted by molar-refractivity contribution is 5.39. The van der Waals surface area contributed by atoms with E-state index in [1.54, 1.807) is 11.1 Å². The number of hydrogen-bond donors (Lipinski definition) is 0. The molecule has 4 aliphatic heterocycles. The highest BCUT2D eigenvalue weighted by Crippen LogP contribution is 2.28. The number of aryl methyl sites for hydroxylation is 16. The van der Waals surface area contributed by atoms with E-state index < -0.39 is 0 Å². The number of rotatable bonds is 0. The summed E-state index contributed by atoms with van der Waals surface area (Å²) in [5.74, 6) is 6.67. The average molecular weight is 1540 g/mol. The second-order valence-electron chi connectivity index (χ2n) is 35.9. The van der Waals surface area contributed by atoms with Gasteiger partial charge in [0.1, 0.15) is 0 Å². The molecule has 4 saturated heterocycles. The lowest BCUT2D eigenvalue weighted by Gasteiger charge is -2.24. The van der Waals surface area contributed by atoms with Crippen molar-refractivity contribution in [1.82, 2.24) is 0 Å². The molecule has 7 aliphatic rings. The first-order valence-electron chi connectivity index (χ1n) is 43.8. The Labute approximate surface area is 693 Å². The Morgan fingerprint density at radius 3 is 0.670 bits per heavy atom. The fourth-order valence-corrected chi connectivity index (χ4v) is 13.1. The van der Waals surface area contributed by atoms with E-state index in [0.717, 1.165) is 75.1 Å². The summed E-state index contributed by atoms with van der Waals surface area (Å²) < 4.78 is 31.5. The molecule has 6 unspecified atom stereocenters. The van der Waals surface area contributed by atoms with Crippen molar-refractivity contribution in [3.63, 3.8) is 0 Å². The molecule has 0 bridgehead atoms. The highest BCUT2D eigenvalue weighted by Gasteiger charge is 2.18. The summed E-state index contributed by atoms with van der Waals surface area (Å²) in [4.78, 5) is 0. The van der Waals surface area contributed by atoms with Gasteiger partial charge in [0.2, 0.25) is 0 Å². The zero-order chi connectivity index (χ0) is 84.7. The molecule has 112 heavy (non-hydrogen) atoms. The van der Waals surface area contributed by atoms with Crippen molar-refractivity contribution in [2.45, 2.75) is 350 Å². The fourth-order valence-electron chi connectivity index (χ4n) is 13.1. The second-order valence-corrected chi connectivity index (χ2v) is 35.9. The van der Waals surface area contributed by atoms with E-state index in [4.69, 9.17) is 28.4 Å². The Hall–Kier alpha value is -5.44. The zero-order valence-electron chi connectivity index (χ0n) is 78.9. The lowest BCUT2D eigenvalue weighted by molar-refractivity contribution is -0.187. The van der Waals surface area contributed by atoms with E-state index >= 15 is 0 Å². The number of ether oxygens (including phenoxy) is 6. The Balaban J connectivity index is 0.000000607. The summed E-state index contributed by atoms with van der Waals surface area (Å²) in [6, 6.07) is 34.7. The van der Waals surface area contributed by atoms with E-state index in [1.165, 1.54) is 201 Å². The molecule has 0 N–H and O–H groups in total. The maximum Gasteiger partial charge on any atom is 0.154 e. The van der Waals surface area contributed by atoms with Crippen molar-refractivity contribution in [2.75, 3.05) is 39.6 Å². The molecule has 6 heteroatoms.